The number of hydrogen-bond donors (Lipinski definition) is 1. The maximum absolute atomic E-state index is 7.25. The average Bonchev–Trinajstić information content (AvgIpc) is 2.64. The third kappa shape index (κ3) is 1.97. The van der Waals surface area contributed by atoms with Gasteiger partial charge in [0.1, 0.15) is 0 Å². The van der Waals surface area contributed by atoms with Crippen molar-refractivity contribution in [1.82, 2.24) is 0 Å². The van der Waals surface area contributed by atoms with Crippen molar-refractivity contribution in [2.75, 3.05) is 4.43 Å². The highest BCUT2D eigenvalue weighted by atomic mass is 127. The van der Waals surface area contributed by atoms with E-state index in [-0.39, 0.29) is 6.10 Å². The molecule has 0 aromatic heterocycles. The van der Waals surface area contributed by atoms with E-state index in [1.54, 1.807) is 0 Å². The van der Waals surface area contributed by atoms with Crippen molar-refractivity contribution >= 4 is 22.6 Å². The van der Waals surface area contributed by atoms with Crippen LogP contribution in [0.15, 0.2) is 0 Å². The Morgan fingerprint density at radius 2 is 2.33 bits per heavy atom. The minimum atomic E-state index is 0.213. The van der Waals surface area contributed by atoms with Gasteiger partial charge in [0.05, 0.1) is 6.10 Å². The van der Waals surface area contributed by atoms with Crippen LogP contribution in [0.4, 0.5) is 0 Å². The first-order valence-electron chi connectivity index (χ1n) is 6.72. The first-order chi connectivity index (χ1) is 7.63. The van der Waals surface area contributed by atoms with Gasteiger partial charge in [-0.2, -0.15) is 0 Å². The van der Waals surface area contributed by atoms with Crippen molar-refractivity contribution in [3.8, 4) is 0 Å². The van der Waals surface area contributed by atoms with E-state index in [9.17, 15) is 0 Å². The summed E-state index contributed by atoms with van der Waals surface area (Å²) in [6, 6.07) is 0. The largest absolute Gasteiger partial charge is 0.393 e. The Bertz CT molecular complexity index is 240. The molecule has 0 radical (unpaired) electrons. The van der Waals surface area contributed by atoms with Gasteiger partial charge in [-0.3, -0.25) is 0 Å². The maximum atomic E-state index is 7.25. The van der Waals surface area contributed by atoms with Crippen molar-refractivity contribution in [2.45, 2.75) is 52.1 Å². The fourth-order valence-corrected chi connectivity index (χ4v) is 4.82. The van der Waals surface area contributed by atoms with Crippen molar-refractivity contribution < 1.29 is 5.11 Å². The molecular formula is C13H23IO. The minimum absolute atomic E-state index is 0.213. The molecule has 15 heavy (non-hydrogen) atoms. The molecule has 0 aliphatic heterocycles. The lowest BCUT2D eigenvalue weighted by Crippen LogP contribution is -2.41. The predicted octanol–water partition coefficient (Wildman–Crippen LogP) is 3.63. The highest BCUT2D eigenvalue weighted by Crippen LogP contribution is 2.57. The molecule has 2 heteroatoms. The lowest BCUT2D eigenvalue weighted by atomic mass is 9.62. The highest BCUT2D eigenvalue weighted by molar-refractivity contribution is 14.1. The zero-order chi connectivity index (χ0) is 11.8. The van der Waals surface area contributed by atoms with Gasteiger partial charge >= 0.3 is 0 Å². The molecule has 0 aromatic rings. The minimum Gasteiger partial charge on any atom is -0.393 e. The summed E-state index contributed by atoms with van der Waals surface area (Å²) in [5, 5.41) is 4.98. The molecule has 2 aliphatic rings. The molecule has 5 atom stereocenters. The topological polar surface area (TPSA) is 20.2 Å². The van der Waals surface area contributed by atoms with E-state index in [2.05, 4.69) is 36.4 Å². The summed E-state index contributed by atoms with van der Waals surface area (Å²) in [6.07, 6.45) is 6.56. The molecule has 88 valence electrons. The molecule has 0 amide bonds. The third-order valence-corrected chi connectivity index (χ3v) is 6.46. The Hall–Kier alpha value is 0.690. The van der Waals surface area contributed by atoms with Gasteiger partial charge in [-0.1, -0.05) is 42.9 Å². The number of aliphatic hydroxyl groups excluding tert-OH is 1. The Kier molecular flexibility index (Phi) is 3.26. The third-order valence-electron chi connectivity index (χ3n) is 5.07. The predicted molar refractivity (Wildman–Crippen MR) is 72.2 cm³/mol. The van der Waals surface area contributed by atoms with Crippen molar-refractivity contribution in [3.63, 3.8) is 0 Å². The van der Waals surface area contributed by atoms with Gasteiger partial charge in [0.2, 0.25) is 1.43 Å². The van der Waals surface area contributed by atoms with Gasteiger partial charge in [0, 0.05) is 4.43 Å². The lowest BCUT2D eigenvalue weighted by molar-refractivity contribution is -0.0247. The van der Waals surface area contributed by atoms with Crippen molar-refractivity contribution in [2.24, 2.45) is 23.2 Å². The Labute approximate surface area is 109 Å². The SMILES string of the molecule is [3H]O[C@H]1CCC[C@@]2(C)C1CC[C@@H]2[C@H](C)CI. The van der Waals surface area contributed by atoms with Crippen LogP contribution in [0, 0.1) is 23.2 Å². The standard InChI is InChI=1S/C13H23IO/c1-9(8-14)10-5-6-11-12(15)4-3-7-13(10,11)2/h9-12,15H,3-8H2,1-2H3/t9-,10-,11?,12+,13-/m1/s1/i15T. The van der Waals surface area contributed by atoms with E-state index in [1.165, 1.54) is 30.1 Å². The second kappa shape index (κ2) is 4.52. The highest BCUT2D eigenvalue weighted by Gasteiger charge is 2.51. The summed E-state index contributed by atoms with van der Waals surface area (Å²) >= 11 is 2.52. The van der Waals surface area contributed by atoms with Crippen LogP contribution in [0.25, 0.3) is 0 Å². The fraction of sp³-hybridized carbons (Fsp3) is 1.00. The van der Waals surface area contributed by atoms with Gasteiger partial charge in [-0.25, -0.2) is 0 Å². The molecule has 2 saturated carbocycles. The molecule has 1 N–H and O–H groups in total. The number of alkyl halides is 1. The van der Waals surface area contributed by atoms with E-state index in [4.69, 9.17) is 6.54 Å². The lowest BCUT2D eigenvalue weighted by Gasteiger charge is -2.45. The number of rotatable bonds is 3. The Morgan fingerprint density at radius 1 is 1.53 bits per heavy atom. The summed E-state index contributed by atoms with van der Waals surface area (Å²) < 4.78 is 8.51. The van der Waals surface area contributed by atoms with E-state index < -0.39 is 0 Å². The van der Waals surface area contributed by atoms with Crippen LogP contribution in [0.2, 0.25) is 0 Å². The van der Waals surface area contributed by atoms with Crippen LogP contribution in [-0.4, -0.2) is 17.1 Å². The van der Waals surface area contributed by atoms with Gasteiger partial charge < -0.3 is 5.11 Å². The van der Waals surface area contributed by atoms with E-state index in [0.29, 0.717) is 11.3 Å². The first-order valence-corrected chi connectivity index (χ1v) is 7.84. The van der Waals surface area contributed by atoms with Crippen LogP contribution < -0.4 is 0 Å². The summed E-state index contributed by atoms with van der Waals surface area (Å²) in [6.45, 7) is 4.86. The average molecular weight is 324 g/mol. The summed E-state index contributed by atoms with van der Waals surface area (Å²) in [7, 11) is 0. The zero-order valence-corrected chi connectivity index (χ0v) is 12.0. The molecule has 0 bridgehead atoms. The van der Waals surface area contributed by atoms with E-state index in [0.717, 1.165) is 18.3 Å². The summed E-state index contributed by atoms with van der Waals surface area (Å²) in [5.41, 5.74) is 0.453. The molecule has 2 aliphatic carbocycles. The molecular weight excluding hydrogens is 299 g/mol. The number of hydrogen-bond acceptors (Lipinski definition) is 1. The molecule has 1 nitrogen and oxygen atoms in total. The Balaban J connectivity index is 2.17. The summed E-state index contributed by atoms with van der Waals surface area (Å²) in [4.78, 5) is 0. The molecule has 0 saturated heterocycles. The quantitative estimate of drug-likeness (QED) is 0.621. The summed E-state index contributed by atoms with van der Waals surface area (Å²) in [5.74, 6) is 2.32. The first kappa shape index (κ1) is 10.8. The number of fused-ring (bicyclic) bond motifs is 1. The van der Waals surface area contributed by atoms with Crippen LogP contribution >= 0.6 is 22.6 Å². The van der Waals surface area contributed by atoms with Crippen LogP contribution in [0.1, 0.15) is 46.0 Å². The van der Waals surface area contributed by atoms with E-state index >= 15 is 0 Å². The fourth-order valence-electron chi connectivity index (χ4n) is 4.20. The van der Waals surface area contributed by atoms with Crippen molar-refractivity contribution in [3.05, 3.63) is 0 Å². The second-order valence-corrected chi connectivity index (χ2v) is 6.74. The molecule has 0 aromatic carbocycles. The Morgan fingerprint density at radius 3 is 3.00 bits per heavy atom. The maximum Gasteiger partial charge on any atom is 0.210 e. The van der Waals surface area contributed by atoms with E-state index in [1.807, 2.05) is 0 Å². The molecule has 2 rings (SSSR count). The number of halogens is 1. The van der Waals surface area contributed by atoms with Gasteiger partial charge in [-0.05, 0) is 48.9 Å². The normalized spacial score (nSPS) is 48.5. The zero-order valence-electron chi connectivity index (χ0n) is 10.8. The van der Waals surface area contributed by atoms with Gasteiger partial charge in [-0.15, -0.1) is 0 Å². The van der Waals surface area contributed by atoms with Gasteiger partial charge in [0.15, 0.2) is 0 Å². The van der Waals surface area contributed by atoms with Crippen LogP contribution in [-0.2, 0) is 0 Å². The van der Waals surface area contributed by atoms with Crippen LogP contribution in [0.3, 0.4) is 0 Å². The molecule has 1 unspecified atom stereocenters. The molecule has 2 fully saturated rings. The van der Waals surface area contributed by atoms with Gasteiger partial charge in [0.25, 0.3) is 0 Å². The van der Waals surface area contributed by atoms with Crippen molar-refractivity contribution in [1.29, 1.82) is 1.43 Å². The smallest absolute Gasteiger partial charge is 0.210 e. The van der Waals surface area contributed by atoms with Crippen LogP contribution in [0.5, 0.6) is 0 Å². The molecule has 0 heterocycles. The molecule has 0 spiro atoms. The number of aliphatic hydroxyl groups is 1. The monoisotopic (exact) mass is 324 g/mol. The second-order valence-electron chi connectivity index (χ2n) is 5.86.